The number of aromatic hydroxyl groups is 1. The Balaban J connectivity index is 0.00000925. The maximum atomic E-state index is 14.5. The number of esters is 1. The van der Waals surface area contributed by atoms with E-state index < -0.39 is 107 Å². The summed E-state index contributed by atoms with van der Waals surface area (Å²) >= 11 is 1.23. The number of amides is 5. The van der Waals surface area contributed by atoms with Crippen LogP contribution in [-0.4, -0.2) is 138 Å². The molecule has 5 N–H and O–H groups in total. The zero-order valence-corrected chi connectivity index (χ0v) is 40.8. The second kappa shape index (κ2) is 23.8. The molecule has 2 fully saturated rings. The summed E-state index contributed by atoms with van der Waals surface area (Å²) in [4.78, 5) is 104. The largest absolute Gasteiger partial charge is 1.00 e. The molecular weight excluding hydrogens is 898 g/mol. The smallest absolute Gasteiger partial charge is 0.735 e. The minimum atomic E-state index is -5.11. The molecule has 2 aromatic rings. The summed E-state index contributed by atoms with van der Waals surface area (Å²) in [6.07, 6.45) is 4.70. The number of ketones is 1. The molecule has 0 aliphatic carbocycles. The number of allylic oxidation sites excluding steroid dienone is 2. The van der Waals surface area contributed by atoms with E-state index in [9.17, 15) is 51.6 Å². The number of Topliss-reactive ketones (excluding diaryl/α,β-unsaturated/α-hetero) is 1. The minimum Gasteiger partial charge on any atom is -0.735 e. The average Bonchev–Trinajstić information content (AvgIpc) is 4.05. The second-order valence-electron chi connectivity index (χ2n) is 16.1. The number of thiazole rings is 1. The van der Waals surface area contributed by atoms with Gasteiger partial charge in [0.25, 0.3) is 5.91 Å². The molecule has 5 amide bonds. The van der Waals surface area contributed by atoms with E-state index in [4.69, 9.17) is 14.5 Å². The van der Waals surface area contributed by atoms with Gasteiger partial charge in [-0.2, -0.15) is 0 Å². The fourth-order valence-corrected chi connectivity index (χ4v) is 9.15. The number of rotatable bonds is 11. The maximum Gasteiger partial charge on any atom is 1.00 e. The van der Waals surface area contributed by atoms with Crippen LogP contribution in [0.5, 0.6) is 5.75 Å². The van der Waals surface area contributed by atoms with Gasteiger partial charge in [-0.25, -0.2) is 22.9 Å². The molecule has 0 unspecified atom stereocenters. The van der Waals surface area contributed by atoms with Crippen molar-refractivity contribution in [2.24, 2.45) is 5.92 Å². The number of fused-ring (bicyclic) bond motifs is 3. The summed E-state index contributed by atoms with van der Waals surface area (Å²) in [5, 5.41) is 20.2. The van der Waals surface area contributed by atoms with Crippen molar-refractivity contribution in [3.8, 4) is 5.75 Å². The quantitative estimate of drug-likeness (QED) is 0.0692. The van der Waals surface area contributed by atoms with Gasteiger partial charge in [0.2, 0.25) is 29.4 Å². The van der Waals surface area contributed by atoms with E-state index in [1.807, 2.05) is 0 Å². The Morgan fingerprint density at radius 3 is 2.42 bits per heavy atom. The van der Waals surface area contributed by atoms with Crippen LogP contribution >= 0.6 is 11.3 Å². The normalized spacial score (nSPS) is 25.3. The number of likely N-dealkylation sites (tertiary alicyclic amines) is 1. The van der Waals surface area contributed by atoms with Gasteiger partial charge in [0.1, 0.15) is 41.5 Å². The van der Waals surface area contributed by atoms with Gasteiger partial charge in [-0.1, -0.05) is 32.4 Å². The zero-order chi connectivity index (χ0) is 46.9. The topological polar surface area (TPSA) is 283 Å². The molecule has 5 rings (SSSR count). The zero-order valence-electron chi connectivity index (χ0n) is 37.2. The number of carbonyl (C=O) groups is 7. The monoisotopic (exact) mass is 951 g/mol. The number of hydrogen-bond acceptors (Lipinski definition) is 15. The van der Waals surface area contributed by atoms with Crippen LogP contribution in [0.15, 0.2) is 46.9 Å². The molecule has 0 radical (unpaired) electrons. The van der Waals surface area contributed by atoms with Gasteiger partial charge in [-0.15, -0.1) is 11.3 Å². The van der Waals surface area contributed by atoms with Gasteiger partial charge in [0.05, 0.1) is 24.4 Å². The summed E-state index contributed by atoms with van der Waals surface area (Å²) in [7, 11) is -3.92. The van der Waals surface area contributed by atoms with Crippen molar-refractivity contribution in [1.82, 2.24) is 35.5 Å². The number of ether oxygens (including phenoxy) is 2. The molecule has 348 valence electrons. The van der Waals surface area contributed by atoms with Crippen LogP contribution in [0.4, 0.5) is 0 Å². The van der Waals surface area contributed by atoms with Gasteiger partial charge in [-0.05, 0) is 87.3 Å². The molecule has 3 aliphatic rings. The maximum absolute atomic E-state index is 14.5. The number of cyclic esters (lactones) is 1. The molecule has 0 spiro atoms. The van der Waals surface area contributed by atoms with Crippen molar-refractivity contribution >= 4 is 69.0 Å². The van der Waals surface area contributed by atoms with Gasteiger partial charge in [-0.3, -0.25) is 28.8 Å². The third-order valence-electron chi connectivity index (χ3n) is 11.3. The van der Waals surface area contributed by atoms with E-state index in [2.05, 4.69) is 16.0 Å². The van der Waals surface area contributed by atoms with Gasteiger partial charge >= 0.3 is 35.5 Å². The predicted octanol–water partition coefficient (Wildman–Crippen LogP) is -2.21. The Morgan fingerprint density at radius 1 is 1.06 bits per heavy atom. The van der Waals surface area contributed by atoms with Crippen LogP contribution in [0.25, 0.3) is 6.08 Å². The van der Waals surface area contributed by atoms with Crippen molar-refractivity contribution in [2.45, 2.75) is 102 Å². The SMILES string of the molecule is CC[C@H](C)[C@@H]1NC(=O)[C@@H]2CCCN2C(=O)[C@@H](NC(=O)[C@@H]2CCCN2C(=O)[C@@H](COC)NS(=O)(=O)[O-])COC(=O)/C(C)=C/C(C)=C/c2csc(n2)[C@H](Cc2ccc(O)cc2)NC(=O)C1=O.[Na+]. The van der Waals surface area contributed by atoms with Crippen molar-refractivity contribution in [2.75, 3.05) is 33.4 Å². The summed E-state index contributed by atoms with van der Waals surface area (Å²) in [6.45, 7) is 5.53. The summed E-state index contributed by atoms with van der Waals surface area (Å²) in [5.41, 5.74) is 1.90. The van der Waals surface area contributed by atoms with Gasteiger partial charge in [0, 0.05) is 31.2 Å². The molecule has 65 heavy (non-hydrogen) atoms. The van der Waals surface area contributed by atoms with Crippen molar-refractivity contribution in [3.63, 3.8) is 0 Å². The number of carbonyl (C=O) groups excluding carboxylic acids is 7. The van der Waals surface area contributed by atoms with Crippen molar-refractivity contribution < 1.29 is 90.7 Å². The Morgan fingerprint density at radius 2 is 1.75 bits per heavy atom. The second-order valence-corrected chi connectivity index (χ2v) is 18.1. The molecule has 1 aromatic carbocycles. The first-order valence-corrected chi connectivity index (χ1v) is 23.1. The summed E-state index contributed by atoms with van der Waals surface area (Å²) in [5.74, 6) is -6.52. The third kappa shape index (κ3) is 14.2. The van der Waals surface area contributed by atoms with E-state index in [1.54, 1.807) is 49.1 Å². The first kappa shape index (κ1) is 53.1. The molecule has 1 aromatic heterocycles. The van der Waals surface area contributed by atoms with E-state index >= 15 is 0 Å². The standard InChI is InChI=1S/C42H55N7O13S2.Na/c1-6-24(3)34-35(51)38(54)44-29(19-26-11-13-28(50)14-12-26)39-43-27(22-63-39)18-23(2)17-25(4)42(57)62-21-30(40(55)48-15-8-10-33(48)37(53)46-34)45-36(52)32-9-7-16-49(32)41(56)31(20-61-5)47-64(58,59)60;/h11-14,17-18,22,24,29-34,47,50H,6-10,15-16,19-21H2,1-5H3,(H,44,54)(H,45,52)(H,46,53)(H,58,59,60);/q;+1/p-1/b23-18+,25-17+;/t24-,29-,30-,31+,32-,33-,34-;/m0./s1. The first-order chi connectivity index (χ1) is 30.3. The van der Waals surface area contributed by atoms with Gasteiger partial charge in [0.15, 0.2) is 10.3 Å². The Labute approximate surface area is 403 Å². The Kier molecular flexibility index (Phi) is 19.4. The number of hydrogen-bond donors (Lipinski definition) is 5. The molecule has 3 aliphatic heterocycles. The number of phenols is 1. The van der Waals surface area contributed by atoms with Crippen LogP contribution in [-0.2, 0) is 59.8 Å². The molecule has 0 saturated carbocycles. The molecule has 23 heteroatoms. The number of methoxy groups -OCH3 is 1. The molecular formula is C42H54N7NaO13S2. The number of phenolic OH excluding ortho intramolecular Hbond substituents is 1. The molecule has 2 saturated heterocycles. The fraction of sp³-hybridized carbons (Fsp3) is 0.524. The van der Waals surface area contributed by atoms with Crippen LogP contribution in [0.3, 0.4) is 0 Å². The first-order valence-electron chi connectivity index (χ1n) is 20.9. The minimum absolute atomic E-state index is 0. The fourth-order valence-electron chi connectivity index (χ4n) is 7.81. The van der Waals surface area contributed by atoms with Gasteiger partial charge < -0.3 is 44.9 Å². The molecule has 7 atom stereocenters. The van der Waals surface area contributed by atoms with E-state index in [0.29, 0.717) is 35.5 Å². The van der Waals surface area contributed by atoms with Crippen LogP contribution in [0, 0.1) is 5.92 Å². The third-order valence-corrected chi connectivity index (χ3v) is 12.8. The predicted molar refractivity (Wildman–Crippen MR) is 229 cm³/mol. The van der Waals surface area contributed by atoms with Crippen LogP contribution < -0.4 is 50.2 Å². The number of nitrogens with one attached hydrogen (secondary N) is 4. The van der Waals surface area contributed by atoms with E-state index in [-0.39, 0.29) is 73.2 Å². The number of aromatic nitrogens is 1. The number of nitrogens with zero attached hydrogens (tertiary/aromatic N) is 3. The van der Waals surface area contributed by atoms with Crippen molar-refractivity contribution in [1.29, 1.82) is 0 Å². The average molecular weight is 952 g/mol. The molecule has 2 bridgehead atoms. The van der Waals surface area contributed by atoms with Crippen molar-refractivity contribution in [3.05, 3.63) is 63.1 Å². The van der Waals surface area contributed by atoms with Crippen LogP contribution in [0.2, 0.25) is 0 Å². The Bertz CT molecular complexity index is 2270. The van der Waals surface area contributed by atoms with Crippen LogP contribution in [0.1, 0.15) is 82.1 Å². The number of benzene rings is 1. The van der Waals surface area contributed by atoms with E-state index in [1.165, 1.54) is 48.5 Å². The molecule has 4 heterocycles. The van der Waals surface area contributed by atoms with E-state index in [0.717, 1.165) is 10.5 Å². The molecule has 20 nitrogen and oxygen atoms in total. The summed E-state index contributed by atoms with van der Waals surface area (Å²) < 4.78 is 46.7. The Hall–Kier alpha value is -4.55. The summed E-state index contributed by atoms with van der Waals surface area (Å²) in [6, 6.07) is -1.39.